The average molecular weight is 271 g/mol. The predicted molar refractivity (Wildman–Crippen MR) is 75.2 cm³/mol. The van der Waals surface area contributed by atoms with E-state index in [0.717, 1.165) is 13.0 Å². The molecule has 0 radical (unpaired) electrons. The summed E-state index contributed by atoms with van der Waals surface area (Å²) in [6.45, 7) is 8.89. The summed E-state index contributed by atoms with van der Waals surface area (Å²) in [5.74, 6) is -1.06. The van der Waals surface area contributed by atoms with Crippen LogP contribution in [0.15, 0.2) is 12.7 Å². The first-order valence-corrected chi connectivity index (χ1v) is 6.50. The van der Waals surface area contributed by atoms with E-state index in [4.69, 9.17) is 5.11 Å². The Bertz CT molecular complexity index is 308. The Morgan fingerprint density at radius 2 is 2.11 bits per heavy atom. The van der Waals surface area contributed by atoms with Gasteiger partial charge in [-0.25, -0.2) is 9.59 Å². The zero-order chi connectivity index (χ0) is 14.8. The Hall–Kier alpha value is -1.56. The summed E-state index contributed by atoms with van der Waals surface area (Å²) in [6.07, 6.45) is 2.72. The number of carbonyl (C=O) groups is 2. The molecule has 2 amide bonds. The molecule has 0 rings (SSSR count). The molecule has 0 bridgehead atoms. The van der Waals surface area contributed by atoms with Gasteiger partial charge in [0.1, 0.15) is 6.04 Å². The summed E-state index contributed by atoms with van der Waals surface area (Å²) in [5, 5.41) is 13.9. The van der Waals surface area contributed by atoms with Gasteiger partial charge in [-0.2, -0.15) is 0 Å². The number of aliphatic carboxylic acids is 1. The highest BCUT2D eigenvalue weighted by atomic mass is 16.4. The smallest absolute Gasteiger partial charge is 0.326 e. The first-order chi connectivity index (χ1) is 8.92. The molecule has 6 nitrogen and oxygen atoms in total. The Balaban J connectivity index is 3.98. The lowest BCUT2D eigenvalue weighted by Gasteiger charge is -2.23. The molecule has 3 N–H and O–H groups in total. The molecule has 0 spiro atoms. The van der Waals surface area contributed by atoms with Crippen molar-refractivity contribution in [2.45, 2.75) is 38.8 Å². The summed E-state index contributed by atoms with van der Waals surface area (Å²) >= 11 is 0. The van der Waals surface area contributed by atoms with Crippen LogP contribution in [0.5, 0.6) is 0 Å². The summed E-state index contributed by atoms with van der Waals surface area (Å²) in [5.41, 5.74) is 0. The lowest BCUT2D eigenvalue weighted by atomic mass is 10.2. The number of amides is 2. The second kappa shape index (κ2) is 9.38. The third-order valence-corrected chi connectivity index (χ3v) is 3.10. The van der Waals surface area contributed by atoms with E-state index in [0.29, 0.717) is 12.6 Å². The minimum atomic E-state index is -1.06. The highest BCUT2D eigenvalue weighted by Gasteiger charge is 2.17. The normalized spacial score (nSPS) is 13.7. The van der Waals surface area contributed by atoms with Crippen molar-refractivity contribution in [2.24, 2.45) is 0 Å². The van der Waals surface area contributed by atoms with E-state index in [1.807, 2.05) is 7.05 Å². The van der Waals surface area contributed by atoms with Gasteiger partial charge < -0.3 is 20.6 Å². The van der Waals surface area contributed by atoms with Gasteiger partial charge >= 0.3 is 12.0 Å². The van der Waals surface area contributed by atoms with Gasteiger partial charge in [-0.05, 0) is 26.8 Å². The van der Waals surface area contributed by atoms with Crippen molar-refractivity contribution in [2.75, 3.05) is 20.1 Å². The maximum Gasteiger partial charge on any atom is 0.326 e. The lowest BCUT2D eigenvalue weighted by molar-refractivity contribution is -0.139. The van der Waals surface area contributed by atoms with Gasteiger partial charge in [0.05, 0.1) is 0 Å². The van der Waals surface area contributed by atoms with Gasteiger partial charge in [0.15, 0.2) is 0 Å². The van der Waals surface area contributed by atoms with Gasteiger partial charge in [-0.15, -0.1) is 6.58 Å². The number of rotatable bonds is 9. The zero-order valence-electron chi connectivity index (χ0n) is 12.0. The van der Waals surface area contributed by atoms with Crippen LogP contribution in [-0.2, 0) is 4.79 Å². The van der Waals surface area contributed by atoms with Gasteiger partial charge in [0.2, 0.25) is 0 Å². The SMILES string of the molecule is C=CCC(NC(=O)NCCN(C)C(C)CC)C(=O)O. The fourth-order valence-electron chi connectivity index (χ4n) is 1.48. The zero-order valence-corrected chi connectivity index (χ0v) is 12.0. The van der Waals surface area contributed by atoms with Crippen molar-refractivity contribution < 1.29 is 14.7 Å². The minimum Gasteiger partial charge on any atom is -0.480 e. The maximum absolute atomic E-state index is 11.5. The van der Waals surface area contributed by atoms with Gasteiger partial charge in [-0.1, -0.05) is 13.0 Å². The van der Waals surface area contributed by atoms with Crippen LogP contribution < -0.4 is 10.6 Å². The molecule has 0 aromatic heterocycles. The van der Waals surface area contributed by atoms with E-state index >= 15 is 0 Å². The van der Waals surface area contributed by atoms with Crippen molar-refractivity contribution in [3.63, 3.8) is 0 Å². The lowest BCUT2D eigenvalue weighted by Crippen LogP contribution is -2.47. The Labute approximate surface area is 114 Å². The number of likely N-dealkylation sites (N-methyl/N-ethyl adjacent to an activating group) is 1. The Morgan fingerprint density at radius 1 is 1.47 bits per heavy atom. The molecule has 0 fully saturated rings. The number of nitrogens with zero attached hydrogens (tertiary/aromatic N) is 1. The van der Waals surface area contributed by atoms with Crippen molar-refractivity contribution in [3.8, 4) is 0 Å². The Kier molecular flexibility index (Phi) is 8.61. The molecule has 0 aliphatic carbocycles. The van der Waals surface area contributed by atoms with Crippen LogP contribution >= 0.6 is 0 Å². The molecule has 2 unspecified atom stereocenters. The van der Waals surface area contributed by atoms with Crippen molar-refractivity contribution in [1.29, 1.82) is 0 Å². The molecule has 110 valence electrons. The molecule has 2 atom stereocenters. The molecule has 19 heavy (non-hydrogen) atoms. The molecule has 0 aliphatic heterocycles. The summed E-state index contributed by atoms with van der Waals surface area (Å²) < 4.78 is 0. The largest absolute Gasteiger partial charge is 0.480 e. The third kappa shape index (κ3) is 7.46. The topological polar surface area (TPSA) is 81.7 Å². The van der Waals surface area contributed by atoms with Crippen LogP contribution in [0.2, 0.25) is 0 Å². The summed E-state index contributed by atoms with van der Waals surface area (Å²) in [6, 6.07) is -0.936. The molecule has 0 aromatic carbocycles. The summed E-state index contributed by atoms with van der Waals surface area (Å²) in [4.78, 5) is 24.5. The third-order valence-electron chi connectivity index (χ3n) is 3.10. The molecule has 0 saturated carbocycles. The fraction of sp³-hybridized carbons (Fsp3) is 0.692. The number of carbonyl (C=O) groups excluding carboxylic acids is 1. The van der Waals surface area contributed by atoms with Crippen LogP contribution in [0.25, 0.3) is 0 Å². The second-order valence-electron chi connectivity index (χ2n) is 4.55. The molecular weight excluding hydrogens is 246 g/mol. The molecule has 0 aliphatic rings. The maximum atomic E-state index is 11.5. The van der Waals surface area contributed by atoms with Crippen molar-refractivity contribution >= 4 is 12.0 Å². The number of nitrogens with one attached hydrogen (secondary N) is 2. The molecule has 6 heteroatoms. The van der Waals surface area contributed by atoms with E-state index in [2.05, 4.69) is 36.0 Å². The molecular formula is C13H25N3O3. The molecule has 0 saturated heterocycles. The number of hydrogen-bond donors (Lipinski definition) is 3. The van der Waals surface area contributed by atoms with E-state index in [1.165, 1.54) is 6.08 Å². The Morgan fingerprint density at radius 3 is 2.58 bits per heavy atom. The second-order valence-corrected chi connectivity index (χ2v) is 4.55. The van der Waals surface area contributed by atoms with Crippen molar-refractivity contribution in [1.82, 2.24) is 15.5 Å². The number of urea groups is 1. The molecule has 0 aromatic rings. The number of carboxylic acids is 1. The van der Waals surface area contributed by atoms with E-state index in [9.17, 15) is 9.59 Å². The predicted octanol–water partition coefficient (Wildman–Crippen LogP) is 1.05. The van der Waals surface area contributed by atoms with Crippen LogP contribution in [0.4, 0.5) is 4.79 Å². The van der Waals surface area contributed by atoms with E-state index in [-0.39, 0.29) is 6.42 Å². The standard InChI is InChI=1S/C13H25N3O3/c1-5-7-11(12(17)18)15-13(19)14-8-9-16(4)10(3)6-2/h5,10-11H,1,6-9H2,2-4H3,(H,17,18)(H2,14,15,19). The van der Waals surface area contributed by atoms with Crippen LogP contribution in [0, 0.1) is 0 Å². The van der Waals surface area contributed by atoms with Crippen LogP contribution in [0.1, 0.15) is 26.7 Å². The minimum absolute atomic E-state index is 0.204. The monoisotopic (exact) mass is 271 g/mol. The first-order valence-electron chi connectivity index (χ1n) is 6.50. The number of carboxylic acid groups (broad SMARTS) is 1. The van der Waals surface area contributed by atoms with Gasteiger partial charge in [0.25, 0.3) is 0 Å². The quantitative estimate of drug-likeness (QED) is 0.547. The van der Waals surface area contributed by atoms with E-state index < -0.39 is 18.0 Å². The van der Waals surface area contributed by atoms with Gasteiger partial charge in [0, 0.05) is 19.1 Å². The van der Waals surface area contributed by atoms with Gasteiger partial charge in [-0.3, -0.25) is 0 Å². The molecule has 0 heterocycles. The first kappa shape index (κ1) is 17.4. The highest BCUT2D eigenvalue weighted by Crippen LogP contribution is 1.98. The average Bonchev–Trinajstić information content (AvgIpc) is 2.36. The summed E-state index contributed by atoms with van der Waals surface area (Å²) in [7, 11) is 1.99. The van der Waals surface area contributed by atoms with Crippen LogP contribution in [0.3, 0.4) is 0 Å². The van der Waals surface area contributed by atoms with Crippen molar-refractivity contribution in [3.05, 3.63) is 12.7 Å². The number of hydrogen-bond acceptors (Lipinski definition) is 3. The highest BCUT2D eigenvalue weighted by molar-refractivity contribution is 5.82. The van der Waals surface area contributed by atoms with Crippen LogP contribution in [-0.4, -0.2) is 54.2 Å². The van der Waals surface area contributed by atoms with E-state index in [1.54, 1.807) is 0 Å². The fourth-order valence-corrected chi connectivity index (χ4v) is 1.48.